The Morgan fingerprint density at radius 1 is 1.36 bits per heavy atom. The van der Waals surface area contributed by atoms with Crippen molar-refractivity contribution in [3.05, 3.63) is 33.8 Å². The standard InChI is InChI=1S/C10H12Cl2FN/c1-10(2,13)9(14)7-5-6(11)3-4-8(7)12/h3-5,9H,14H2,1-2H3. The number of benzene rings is 1. The van der Waals surface area contributed by atoms with Crippen molar-refractivity contribution < 1.29 is 4.39 Å². The molecule has 1 rings (SSSR count). The molecule has 0 saturated heterocycles. The molecule has 0 spiro atoms. The monoisotopic (exact) mass is 235 g/mol. The van der Waals surface area contributed by atoms with Crippen molar-refractivity contribution in [2.24, 2.45) is 5.73 Å². The van der Waals surface area contributed by atoms with Gasteiger partial charge in [-0.25, -0.2) is 4.39 Å². The fourth-order valence-electron chi connectivity index (χ4n) is 1.12. The van der Waals surface area contributed by atoms with Crippen LogP contribution in [0.1, 0.15) is 25.5 Å². The summed E-state index contributed by atoms with van der Waals surface area (Å²) in [5.74, 6) is 0. The molecule has 0 radical (unpaired) electrons. The molecule has 2 N–H and O–H groups in total. The van der Waals surface area contributed by atoms with E-state index in [1.165, 1.54) is 13.8 Å². The Morgan fingerprint density at radius 3 is 2.43 bits per heavy atom. The van der Waals surface area contributed by atoms with Crippen molar-refractivity contribution in [1.29, 1.82) is 0 Å². The summed E-state index contributed by atoms with van der Waals surface area (Å²) in [6.45, 7) is 2.82. The van der Waals surface area contributed by atoms with Gasteiger partial charge in [-0.15, -0.1) is 0 Å². The van der Waals surface area contributed by atoms with Gasteiger partial charge in [-0.3, -0.25) is 0 Å². The molecule has 1 aromatic rings. The highest BCUT2D eigenvalue weighted by Crippen LogP contribution is 2.32. The van der Waals surface area contributed by atoms with Gasteiger partial charge in [0, 0.05) is 10.0 Å². The van der Waals surface area contributed by atoms with Crippen LogP contribution >= 0.6 is 23.2 Å². The van der Waals surface area contributed by atoms with E-state index in [-0.39, 0.29) is 0 Å². The van der Waals surface area contributed by atoms with Crippen molar-refractivity contribution in [3.63, 3.8) is 0 Å². The lowest BCUT2D eigenvalue weighted by Crippen LogP contribution is -2.31. The van der Waals surface area contributed by atoms with Gasteiger partial charge < -0.3 is 5.73 Å². The molecule has 4 heteroatoms. The minimum absolute atomic E-state index is 0.438. The summed E-state index contributed by atoms with van der Waals surface area (Å²) in [5, 5.41) is 0.941. The molecule has 0 heterocycles. The smallest absolute Gasteiger partial charge is 0.124 e. The summed E-state index contributed by atoms with van der Waals surface area (Å²) in [4.78, 5) is 0. The Morgan fingerprint density at radius 2 is 1.93 bits per heavy atom. The molecule has 1 atom stereocenters. The molecular formula is C10H12Cl2FN. The predicted octanol–water partition coefficient (Wildman–Crippen LogP) is 3.74. The van der Waals surface area contributed by atoms with Crippen LogP contribution in [0.5, 0.6) is 0 Å². The maximum absolute atomic E-state index is 13.6. The van der Waals surface area contributed by atoms with Crippen molar-refractivity contribution in [2.75, 3.05) is 0 Å². The van der Waals surface area contributed by atoms with E-state index in [1.54, 1.807) is 18.2 Å². The molecule has 0 aliphatic heterocycles. The van der Waals surface area contributed by atoms with Crippen molar-refractivity contribution in [3.8, 4) is 0 Å². The third kappa shape index (κ3) is 2.59. The summed E-state index contributed by atoms with van der Waals surface area (Å²) in [6.07, 6.45) is 0. The van der Waals surface area contributed by atoms with Crippen molar-refractivity contribution >= 4 is 23.2 Å². The lowest BCUT2D eigenvalue weighted by molar-refractivity contribution is 0.174. The molecule has 1 aromatic carbocycles. The van der Waals surface area contributed by atoms with Gasteiger partial charge in [-0.2, -0.15) is 0 Å². The molecule has 0 aliphatic carbocycles. The lowest BCUT2D eigenvalue weighted by atomic mass is 9.94. The van der Waals surface area contributed by atoms with E-state index in [4.69, 9.17) is 28.9 Å². The number of halogens is 3. The second kappa shape index (κ2) is 4.05. The molecule has 0 bridgehead atoms. The third-order valence-electron chi connectivity index (χ3n) is 2.03. The predicted molar refractivity (Wildman–Crippen MR) is 58.6 cm³/mol. The number of alkyl halides is 1. The highest BCUT2D eigenvalue weighted by Gasteiger charge is 2.28. The average Bonchev–Trinajstić information content (AvgIpc) is 2.06. The summed E-state index contributed by atoms with van der Waals surface area (Å²) in [5.41, 5.74) is 4.74. The van der Waals surface area contributed by atoms with Crippen LogP contribution in [0.15, 0.2) is 18.2 Å². The van der Waals surface area contributed by atoms with Gasteiger partial charge in [-0.1, -0.05) is 23.2 Å². The Kier molecular flexibility index (Phi) is 3.40. The van der Waals surface area contributed by atoms with Gasteiger partial charge >= 0.3 is 0 Å². The Labute approximate surface area is 93.0 Å². The van der Waals surface area contributed by atoms with Crippen LogP contribution in [0.25, 0.3) is 0 Å². The van der Waals surface area contributed by atoms with E-state index >= 15 is 0 Å². The molecule has 78 valence electrons. The quantitative estimate of drug-likeness (QED) is 0.831. The maximum atomic E-state index is 13.6. The highest BCUT2D eigenvalue weighted by molar-refractivity contribution is 6.33. The first kappa shape index (κ1) is 11.8. The first-order chi connectivity index (χ1) is 6.32. The van der Waals surface area contributed by atoms with Crippen LogP contribution in [0.2, 0.25) is 10.0 Å². The topological polar surface area (TPSA) is 26.0 Å². The van der Waals surface area contributed by atoms with E-state index in [0.717, 1.165) is 0 Å². The number of rotatable bonds is 2. The second-order valence-electron chi connectivity index (χ2n) is 3.71. The molecule has 0 aliphatic rings. The van der Waals surface area contributed by atoms with Gasteiger partial charge in [0.25, 0.3) is 0 Å². The minimum Gasteiger partial charge on any atom is -0.321 e. The largest absolute Gasteiger partial charge is 0.321 e. The number of hydrogen-bond acceptors (Lipinski definition) is 1. The maximum Gasteiger partial charge on any atom is 0.124 e. The van der Waals surface area contributed by atoms with Crippen molar-refractivity contribution in [1.82, 2.24) is 0 Å². The fraction of sp³-hybridized carbons (Fsp3) is 0.400. The van der Waals surface area contributed by atoms with E-state index in [9.17, 15) is 4.39 Å². The van der Waals surface area contributed by atoms with E-state index in [0.29, 0.717) is 15.6 Å². The van der Waals surface area contributed by atoms with Crippen LogP contribution in [-0.4, -0.2) is 5.67 Å². The van der Waals surface area contributed by atoms with Crippen LogP contribution in [-0.2, 0) is 0 Å². The zero-order chi connectivity index (χ0) is 10.9. The average molecular weight is 236 g/mol. The zero-order valence-corrected chi connectivity index (χ0v) is 9.53. The molecule has 1 nitrogen and oxygen atoms in total. The summed E-state index contributed by atoms with van der Waals surface area (Å²) in [7, 11) is 0. The first-order valence-corrected chi connectivity index (χ1v) is 4.97. The molecule has 1 unspecified atom stereocenters. The minimum atomic E-state index is -1.52. The van der Waals surface area contributed by atoms with Gasteiger partial charge in [0.05, 0.1) is 6.04 Å². The Bertz CT molecular complexity index is 333. The van der Waals surface area contributed by atoms with Gasteiger partial charge in [0.15, 0.2) is 0 Å². The Hall–Kier alpha value is -0.310. The second-order valence-corrected chi connectivity index (χ2v) is 4.55. The Balaban J connectivity index is 3.12. The lowest BCUT2D eigenvalue weighted by Gasteiger charge is -2.24. The summed E-state index contributed by atoms with van der Waals surface area (Å²) < 4.78 is 13.6. The third-order valence-corrected chi connectivity index (χ3v) is 2.61. The van der Waals surface area contributed by atoms with Crippen LogP contribution in [0.4, 0.5) is 4.39 Å². The fourth-order valence-corrected chi connectivity index (χ4v) is 1.54. The van der Waals surface area contributed by atoms with Crippen LogP contribution in [0, 0.1) is 0 Å². The summed E-state index contributed by atoms with van der Waals surface area (Å²) in [6, 6.07) is 4.08. The molecule has 0 fully saturated rings. The van der Waals surface area contributed by atoms with Gasteiger partial charge in [0.1, 0.15) is 5.67 Å². The van der Waals surface area contributed by atoms with Crippen LogP contribution < -0.4 is 5.73 Å². The molecule has 14 heavy (non-hydrogen) atoms. The van der Waals surface area contributed by atoms with Crippen LogP contribution in [0.3, 0.4) is 0 Å². The highest BCUT2D eigenvalue weighted by atomic mass is 35.5. The van der Waals surface area contributed by atoms with E-state index in [1.807, 2.05) is 0 Å². The van der Waals surface area contributed by atoms with Gasteiger partial charge in [0.2, 0.25) is 0 Å². The number of hydrogen-bond donors (Lipinski definition) is 1. The van der Waals surface area contributed by atoms with Crippen molar-refractivity contribution in [2.45, 2.75) is 25.6 Å². The summed E-state index contributed by atoms with van der Waals surface area (Å²) >= 11 is 11.7. The molecular weight excluding hydrogens is 224 g/mol. The molecule has 0 amide bonds. The van der Waals surface area contributed by atoms with E-state index in [2.05, 4.69) is 0 Å². The first-order valence-electron chi connectivity index (χ1n) is 4.22. The normalized spacial score (nSPS) is 14.1. The SMILES string of the molecule is CC(C)(F)C(N)c1cc(Cl)ccc1Cl. The zero-order valence-electron chi connectivity index (χ0n) is 8.02. The number of nitrogens with two attached hydrogens (primary N) is 1. The van der Waals surface area contributed by atoms with E-state index < -0.39 is 11.7 Å². The van der Waals surface area contributed by atoms with Gasteiger partial charge in [-0.05, 0) is 37.6 Å². The molecule has 0 saturated carbocycles. The molecule has 0 aromatic heterocycles.